The Morgan fingerprint density at radius 3 is 1.04 bits per heavy atom. The van der Waals surface area contributed by atoms with E-state index in [9.17, 15) is 15.0 Å². The van der Waals surface area contributed by atoms with E-state index < -0.39 is 12.1 Å². The average Bonchev–Trinajstić information content (AvgIpc) is 3.20. The van der Waals surface area contributed by atoms with Gasteiger partial charge in [0.15, 0.2) is 0 Å². The molecule has 4 heteroatoms. The van der Waals surface area contributed by atoms with E-state index in [-0.39, 0.29) is 12.5 Å². The highest BCUT2D eigenvalue weighted by Crippen LogP contribution is 2.16. The van der Waals surface area contributed by atoms with Crippen molar-refractivity contribution in [2.45, 2.75) is 283 Å². The number of hydrogen-bond acceptors (Lipinski definition) is 3. The highest BCUT2D eigenvalue weighted by molar-refractivity contribution is 5.76. The molecule has 2 atom stereocenters. The molecule has 4 nitrogen and oxygen atoms in total. The summed E-state index contributed by atoms with van der Waals surface area (Å²) in [6, 6.07) is -0.636. The fourth-order valence-corrected chi connectivity index (χ4v) is 7.72. The zero-order valence-corrected chi connectivity index (χ0v) is 37.9. The van der Waals surface area contributed by atoms with Crippen LogP contribution in [0.4, 0.5) is 0 Å². The Morgan fingerprint density at radius 2 is 0.696 bits per heavy atom. The minimum absolute atomic E-state index is 0.0707. The molecule has 0 aliphatic rings. The summed E-state index contributed by atoms with van der Waals surface area (Å²) in [5, 5.41) is 23.0. The minimum atomic E-state index is -0.860. The molecule has 0 rings (SSSR count). The summed E-state index contributed by atoms with van der Waals surface area (Å²) in [5.41, 5.74) is 0. The van der Waals surface area contributed by atoms with Crippen molar-refractivity contribution in [3.05, 3.63) is 36.5 Å². The number of rotatable bonds is 46. The predicted octanol–water partition coefficient (Wildman–Crippen LogP) is 16.1. The molecule has 0 spiro atoms. The van der Waals surface area contributed by atoms with E-state index in [1.807, 2.05) is 6.08 Å². The van der Waals surface area contributed by atoms with Crippen LogP contribution in [0.5, 0.6) is 0 Å². The number of aliphatic hydroxyl groups excluding tert-OH is 2. The van der Waals surface area contributed by atoms with Crippen molar-refractivity contribution in [3.8, 4) is 0 Å². The molecule has 0 saturated heterocycles. The summed E-state index contributed by atoms with van der Waals surface area (Å²) in [6.45, 7) is 4.31. The summed E-state index contributed by atoms with van der Waals surface area (Å²) < 4.78 is 0. The van der Waals surface area contributed by atoms with Crippen molar-refractivity contribution in [1.82, 2.24) is 5.32 Å². The molecule has 0 bridgehead atoms. The van der Waals surface area contributed by atoms with Gasteiger partial charge in [-0.15, -0.1) is 0 Å². The lowest BCUT2D eigenvalue weighted by atomic mass is 10.0. The Morgan fingerprint density at radius 1 is 0.411 bits per heavy atom. The third-order valence-electron chi connectivity index (χ3n) is 11.6. The van der Waals surface area contributed by atoms with E-state index in [4.69, 9.17) is 0 Å². The molecule has 0 heterocycles. The third kappa shape index (κ3) is 43.7. The van der Waals surface area contributed by atoms with Gasteiger partial charge in [-0.25, -0.2) is 0 Å². The molecular weight excluding hydrogens is 687 g/mol. The van der Waals surface area contributed by atoms with Crippen LogP contribution in [0.3, 0.4) is 0 Å². The van der Waals surface area contributed by atoms with Gasteiger partial charge in [0.25, 0.3) is 0 Å². The maximum atomic E-state index is 12.4. The van der Waals surface area contributed by atoms with Crippen LogP contribution in [0.1, 0.15) is 271 Å². The first-order chi connectivity index (χ1) is 27.7. The van der Waals surface area contributed by atoms with Gasteiger partial charge >= 0.3 is 0 Å². The second-order valence-electron chi connectivity index (χ2n) is 17.2. The molecule has 0 fully saturated rings. The standard InChI is InChI=1S/C52H99NO3/c1-3-5-7-9-11-13-15-17-19-20-21-22-23-24-25-26-27-28-29-30-31-32-34-36-38-40-42-44-46-48-52(56)53-50(49-54)51(55)47-45-43-41-39-37-35-33-18-16-14-12-10-8-6-4-2/h20-21,37,39,45,47,50-51,54-55H,3-19,22-36,38,40-44,46,48-49H2,1-2H3,(H,53,56)/b21-20-,39-37+,47-45+. The van der Waals surface area contributed by atoms with Crippen LogP contribution in [0, 0.1) is 0 Å². The number of nitrogens with one attached hydrogen (secondary N) is 1. The summed E-state index contributed by atoms with van der Waals surface area (Å²) in [4.78, 5) is 12.4. The summed E-state index contributed by atoms with van der Waals surface area (Å²) in [6.07, 6.45) is 64.3. The molecule has 56 heavy (non-hydrogen) atoms. The number of carbonyl (C=O) groups excluding carboxylic acids is 1. The van der Waals surface area contributed by atoms with Crippen LogP contribution in [-0.4, -0.2) is 34.9 Å². The van der Waals surface area contributed by atoms with Crippen molar-refractivity contribution in [2.75, 3.05) is 6.61 Å². The van der Waals surface area contributed by atoms with E-state index in [1.165, 1.54) is 218 Å². The van der Waals surface area contributed by atoms with E-state index in [1.54, 1.807) is 6.08 Å². The van der Waals surface area contributed by atoms with Gasteiger partial charge in [-0.1, -0.05) is 243 Å². The van der Waals surface area contributed by atoms with E-state index in [0.717, 1.165) is 32.1 Å². The molecule has 1 amide bonds. The van der Waals surface area contributed by atoms with Crippen molar-refractivity contribution < 1.29 is 15.0 Å². The van der Waals surface area contributed by atoms with Gasteiger partial charge in [-0.05, 0) is 57.8 Å². The maximum Gasteiger partial charge on any atom is 0.220 e. The van der Waals surface area contributed by atoms with Gasteiger partial charge in [-0.3, -0.25) is 4.79 Å². The number of carbonyl (C=O) groups is 1. The maximum absolute atomic E-state index is 12.4. The fraction of sp³-hybridized carbons (Fsp3) is 0.865. The van der Waals surface area contributed by atoms with Crippen molar-refractivity contribution in [3.63, 3.8) is 0 Å². The molecule has 0 saturated carbocycles. The van der Waals surface area contributed by atoms with Crippen LogP contribution in [0.25, 0.3) is 0 Å². The van der Waals surface area contributed by atoms with Gasteiger partial charge < -0.3 is 15.5 Å². The molecule has 0 radical (unpaired) electrons. The molecule has 330 valence electrons. The second kappa shape index (κ2) is 48.0. The van der Waals surface area contributed by atoms with Crippen LogP contribution in [-0.2, 0) is 4.79 Å². The first-order valence-electron chi connectivity index (χ1n) is 25.2. The molecule has 3 N–H and O–H groups in total. The van der Waals surface area contributed by atoms with Gasteiger partial charge in [-0.2, -0.15) is 0 Å². The van der Waals surface area contributed by atoms with E-state index in [2.05, 4.69) is 43.5 Å². The first kappa shape index (κ1) is 54.6. The number of allylic oxidation sites excluding steroid dienone is 5. The molecule has 0 aliphatic heterocycles. The Bertz CT molecular complexity index is 851. The van der Waals surface area contributed by atoms with Crippen molar-refractivity contribution in [1.29, 1.82) is 0 Å². The number of amides is 1. The number of unbranched alkanes of at least 4 members (excludes halogenated alkanes) is 35. The molecule has 0 aromatic carbocycles. The van der Waals surface area contributed by atoms with E-state index in [0.29, 0.717) is 6.42 Å². The lowest BCUT2D eigenvalue weighted by Gasteiger charge is -2.19. The van der Waals surface area contributed by atoms with Crippen molar-refractivity contribution in [2.24, 2.45) is 0 Å². The zero-order valence-electron chi connectivity index (χ0n) is 37.9. The number of aliphatic hydroxyl groups is 2. The van der Waals surface area contributed by atoms with Gasteiger partial charge in [0.2, 0.25) is 5.91 Å². The number of hydrogen-bond donors (Lipinski definition) is 3. The Kier molecular flexibility index (Phi) is 46.8. The predicted molar refractivity (Wildman–Crippen MR) is 248 cm³/mol. The van der Waals surface area contributed by atoms with Crippen molar-refractivity contribution >= 4 is 5.91 Å². The molecule has 0 aromatic rings. The van der Waals surface area contributed by atoms with Gasteiger partial charge in [0.05, 0.1) is 18.8 Å². The molecule has 2 unspecified atom stereocenters. The van der Waals surface area contributed by atoms with E-state index >= 15 is 0 Å². The largest absolute Gasteiger partial charge is 0.394 e. The third-order valence-corrected chi connectivity index (χ3v) is 11.6. The Balaban J connectivity index is 3.48. The SMILES string of the molecule is CCCCCCCCCC/C=C\CCCCCCCCCCCCCCCCCCCC(=O)NC(CO)C(O)/C=C/CC/C=C/CCCCCCCCCCC. The Labute approximate surface area is 351 Å². The average molecular weight is 786 g/mol. The van der Waals surface area contributed by atoms with Crippen LogP contribution >= 0.6 is 0 Å². The van der Waals surface area contributed by atoms with Crippen LogP contribution < -0.4 is 5.32 Å². The summed E-state index contributed by atoms with van der Waals surface area (Å²) in [7, 11) is 0. The summed E-state index contributed by atoms with van der Waals surface area (Å²) >= 11 is 0. The molecule has 0 aliphatic carbocycles. The first-order valence-corrected chi connectivity index (χ1v) is 25.2. The Hall–Kier alpha value is -1.39. The fourth-order valence-electron chi connectivity index (χ4n) is 7.72. The molecular formula is C52H99NO3. The van der Waals surface area contributed by atoms with Crippen LogP contribution in [0.15, 0.2) is 36.5 Å². The monoisotopic (exact) mass is 786 g/mol. The topological polar surface area (TPSA) is 69.6 Å². The summed E-state index contributed by atoms with van der Waals surface area (Å²) in [5.74, 6) is -0.0707. The normalized spacial score (nSPS) is 13.1. The van der Waals surface area contributed by atoms with Gasteiger partial charge in [0, 0.05) is 6.42 Å². The lowest BCUT2D eigenvalue weighted by Crippen LogP contribution is -2.45. The smallest absolute Gasteiger partial charge is 0.220 e. The second-order valence-corrected chi connectivity index (χ2v) is 17.2. The highest BCUT2D eigenvalue weighted by atomic mass is 16.3. The van der Waals surface area contributed by atoms with Gasteiger partial charge in [0.1, 0.15) is 0 Å². The van der Waals surface area contributed by atoms with Crippen LogP contribution in [0.2, 0.25) is 0 Å². The highest BCUT2D eigenvalue weighted by Gasteiger charge is 2.17. The molecule has 0 aromatic heterocycles. The zero-order chi connectivity index (χ0) is 40.7. The lowest BCUT2D eigenvalue weighted by molar-refractivity contribution is -0.123. The minimum Gasteiger partial charge on any atom is -0.394 e. The quantitative estimate of drug-likeness (QED) is 0.0425.